The fourth-order valence-corrected chi connectivity index (χ4v) is 3.76. The van der Waals surface area contributed by atoms with Gasteiger partial charge in [0.15, 0.2) is 0 Å². The van der Waals surface area contributed by atoms with Crippen molar-refractivity contribution in [1.29, 1.82) is 0 Å². The molecule has 1 aromatic carbocycles. The zero-order chi connectivity index (χ0) is 13.6. The predicted octanol–water partition coefficient (Wildman–Crippen LogP) is 2.60. The normalized spacial score (nSPS) is 29.6. The summed E-state index contributed by atoms with van der Waals surface area (Å²) in [6.45, 7) is 3.47. The molecular formula is C15H18BrNO2. The van der Waals surface area contributed by atoms with Gasteiger partial charge >= 0.3 is 0 Å². The van der Waals surface area contributed by atoms with Crippen molar-refractivity contribution in [2.24, 2.45) is 11.8 Å². The first-order valence-electron chi connectivity index (χ1n) is 6.80. The number of aryl methyl sites for hydroxylation is 1. The summed E-state index contributed by atoms with van der Waals surface area (Å²) in [5.41, 5.74) is 1.77. The Labute approximate surface area is 121 Å². The Kier molecular flexibility index (Phi) is 3.39. The van der Waals surface area contributed by atoms with E-state index in [2.05, 4.69) is 15.9 Å². The van der Waals surface area contributed by atoms with Gasteiger partial charge in [-0.05, 0) is 43.4 Å². The van der Waals surface area contributed by atoms with Crippen molar-refractivity contribution in [3.63, 3.8) is 0 Å². The van der Waals surface area contributed by atoms with E-state index in [0.29, 0.717) is 12.5 Å². The standard InChI is InChI=1S/C15H18BrNO2/c1-9-2-4-11(16)6-12(9)15(19)17-7-10-3-5-14(18)13(10)8-17/h2,4,6,10,13-14,18H,3,5,7-8H2,1H3. The molecule has 1 aromatic rings. The Morgan fingerprint density at radius 3 is 2.89 bits per heavy atom. The van der Waals surface area contributed by atoms with E-state index in [1.54, 1.807) is 0 Å². The van der Waals surface area contributed by atoms with Crippen molar-refractivity contribution in [1.82, 2.24) is 4.90 Å². The first kappa shape index (κ1) is 13.1. The molecule has 1 saturated heterocycles. The van der Waals surface area contributed by atoms with Crippen molar-refractivity contribution in [3.8, 4) is 0 Å². The van der Waals surface area contributed by atoms with Gasteiger partial charge in [0.05, 0.1) is 6.10 Å². The summed E-state index contributed by atoms with van der Waals surface area (Å²) in [6.07, 6.45) is 1.73. The molecule has 1 amide bonds. The van der Waals surface area contributed by atoms with Crippen molar-refractivity contribution in [2.45, 2.75) is 25.9 Å². The average molecular weight is 324 g/mol. The van der Waals surface area contributed by atoms with Gasteiger partial charge in [-0.15, -0.1) is 0 Å². The summed E-state index contributed by atoms with van der Waals surface area (Å²) in [4.78, 5) is 14.5. The third kappa shape index (κ3) is 2.32. The number of hydrogen-bond acceptors (Lipinski definition) is 2. The number of hydrogen-bond donors (Lipinski definition) is 1. The van der Waals surface area contributed by atoms with Crippen LogP contribution in [-0.2, 0) is 0 Å². The molecule has 4 heteroatoms. The lowest BCUT2D eigenvalue weighted by Crippen LogP contribution is -2.31. The molecule has 1 saturated carbocycles. The van der Waals surface area contributed by atoms with E-state index in [0.717, 1.165) is 35.0 Å². The van der Waals surface area contributed by atoms with Gasteiger partial charge in [-0.3, -0.25) is 4.79 Å². The number of carbonyl (C=O) groups excluding carboxylic acids is 1. The van der Waals surface area contributed by atoms with E-state index in [9.17, 15) is 9.90 Å². The third-order valence-electron chi connectivity index (χ3n) is 4.54. The molecule has 0 bridgehead atoms. The molecule has 0 radical (unpaired) electrons. The van der Waals surface area contributed by atoms with E-state index in [1.807, 2.05) is 30.0 Å². The van der Waals surface area contributed by atoms with Crippen molar-refractivity contribution in [3.05, 3.63) is 33.8 Å². The third-order valence-corrected chi connectivity index (χ3v) is 5.03. The van der Waals surface area contributed by atoms with Crippen LogP contribution in [0.15, 0.2) is 22.7 Å². The smallest absolute Gasteiger partial charge is 0.254 e. The highest BCUT2D eigenvalue weighted by molar-refractivity contribution is 9.10. The molecule has 1 heterocycles. The Hall–Kier alpha value is -0.870. The molecule has 3 nitrogen and oxygen atoms in total. The second-order valence-corrected chi connectivity index (χ2v) is 6.65. The van der Waals surface area contributed by atoms with Crippen LogP contribution in [-0.4, -0.2) is 35.1 Å². The summed E-state index contributed by atoms with van der Waals surface area (Å²) in [7, 11) is 0. The molecule has 0 spiro atoms. The van der Waals surface area contributed by atoms with Gasteiger partial charge in [-0.2, -0.15) is 0 Å². The summed E-state index contributed by atoms with van der Waals surface area (Å²) < 4.78 is 0.931. The van der Waals surface area contributed by atoms with Crippen LogP contribution in [0, 0.1) is 18.8 Å². The number of rotatable bonds is 1. The van der Waals surface area contributed by atoms with Crippen LogP contribution < -0.4 is 0 Å². The highest BCUT2D eigenvalue weighted by atomic mass is 79.9. The minimum atomic E-state index is -0.216. The molecule has 0 aromatic heterocycles. The number of amides is 1. The molecule has 2 aliphatic rings. The highest BCUT2D eigenvalue weighted by Crippen LogP contribution is 2.38. The fraction of sp³-hybridized carbons (Fsp3) is 0.533. The number of halogens is 1. The Morgan fingerprint density at radius 2 is 2.16 bits per heavy atom. The average Bonchev–Trinajstić information content (AvgIpc) is 2.94. The molecule has 19 heavy (non-hydrogen) atoms. The second kappa shape index (κ2) is 4.91. The fourth-order valence-electron chi connectivity index (χ4n) is 3.40. The van der Waals surface area contributed by atoms with E-state index in [1.165, 1.54) is 0 Å². The molecule has 3 atom stereocenters. The number of carbonyl (C=O) groups is 1. The largest absolute Gasteiger partial charge is 0.393 e. The minimum Gasteiger partial charge on any atom is -0.393 e. The molecule has 2 fully saturated rings. The molecule has 1 N–H and O–H groups in total. The molecule has 102 valence electrons. The SMILES string of the molecule is Cc1ccc(Br)cc1C(=O)N1CC2CCC(O)C2C1. The van der Waals surface area contributed by atoms with Gasteiger partial charge in [0.25, 0.3) is 5.91 Å². The summed E-state index contributed by atoms with van der Waals surface area (Å²) in [6, 6.07) is 5.81. The number of aliphatic hydroxyl groups excluding tert-OH is 1. The topological polar surface area (TPSA) is 40.5 Å². The van der Waals surface area contributed by atoms with Gasteiger partial charge in [-0.1, -0.05) is 22.0 Å². The number of aliphatic hydroxyl groups is 1. The molecule has 3 unspecified atom stereocenters. The van der Waals surface area contributed by atoms with Crippen LogP contribution in [0.3, 0.4) is 0 Å². The zero-order valence-corrected chi connectivity index (χ0v) is 12.6. The second-order valence-electron chi connectivity index (χ2n) is 5.74. The van der Waals surface area contributed by atoms with Gasteiger partial charge < -0.3 is 10.0 Å². The Morgan fingerprint density at radius 1 is 1.37 bits per heavy atom. The maximum absolute atomic E-state index is 12.6. The van der Waals surface area contributed by atoms with Crippen LogP contribution in [0.1, 0.15) is 28.8 Å². The van der Waals surface area contributed by atoms with Crippen molar-refractivity contribution < 1.29 is 9.90 Å². The maximum Gasteiger partial charge on any atom is 0.254 e. The number of likely N-dealkylation sites (tertiary alicyclic amines) is 1. The highest BCUT2D eigenvalue weighted by Gasteiger charge is 2.43. The van der Waals surface area contributed by atoms with E-state index in [4.69, 9.17) is 0 Å². The van der Waals surface area contributed by atoms with E-state index < -0.39 is 0 Å². The van der Waals surface area contributed by atoms with Crippen LogP contribution in [0.4, 0.5) is 0 Å². The molecule has 3 rings (SSSR count). The molecule has 1 aliphatic heterocycles. The lowest BCUT2D eigenvalue weighted by molar-refractivity contribution is 0.0751. The van der Waals surface area contributed by atoms with Gasteiger partial charge in [-0.25, -0.2) is 0 Å². The molecular weight excluding hydrogens is 306 g/mol. The van der Waals surface area contributed by atoms with E-state index in [-0.39, 0.29) is 17.9 Å². The van der Waals surface area contributed by atoms with Gasteiger partial charge in [0, 0.05) is 29.0 Å². The van der Waals surface area contributed by atoms with Crippen molar-refractivity contribution >= 4 is 21.8 Å². The van der Waals surface area contributed by atoms with Crippen LogP contribution in [0.25, 0.3) is 0 Å². The number of fused-ring (bicyclic) bond motifs is 1. The summed E-state index contributed by atoms with van der Waals surface area (Å²) in [5, 5.41) is 9.92. The first-order valence-corrected chi connectivity index (χ1v) is 7.59. The van der Waals surface area contributed by atoms with Crippen LogP contribution in [0.2, 0.25) is 0 Å². The number of benzene rings is 1. The van der Waals surface area contributed by atoms with Gasteiger partial charge in [0.2, 0.25) is 0 Å². The lowest BCUT2D eigenvalue weighted by Gasteiger charge is -2.19. The molecule has 1 aliphatic carbocycles. The summed E-state index contributed by atoms with van der Waals surface area (Å²) >= 11 is 3.42. The lowest BCUT2D eigenvalue weighted by atomic mass is 10.00. The van der Waals surface area contributed by atoms with E-state index >= 15 is 0 Å². The number of nitrogens with zero attached hydrogens (tertiary/aromatic N) is 1. The Bertz CT molecular complexity index is 517. The monoisotopic (exact) mass is 323 g/mol. The zero-order valence-electron chi connectivity index (χ0n) is 11.0. The minimum absolute atomic E-state index is 0.0976. The maximum atomic E-state index is 12.6. The Balaban J connectivity index is 1.80. The summed E-state index contributed by atoms with van der Waals surface area (Å²) in [5.74, 6) is 0.878. The van der Waals surface area contributed by atoms with Crippen LogP contribution in [0.5, 0.6) is 0 Å². The predicted molar refractivity (Wildman–Crippen MR) is 77.0 cm³/mol. The quantitative estimate of drug-likeness (QED) is 0.863. The van der Waals surface area contributed by atoms with Crippen molar-refractivity contribution in [2.75, 3.05) is 13.1 Å². The first-order chi connectivity index (χ1) is 9.06. The van der Waals surface area contributed by atoms with Gasteiger partial charge in [0.1, 0.15) is 0 Å². The van der Waals surface area contributed by atoms with Crippen LogP contribution >= 0.6 is 15.9 Å².